The number of hydrogen-bond donors (Lipinski definition) is 1. The summed E-state index contributed by atoms with van der Waals surface area (Å²) in [7, 11) is 0. The Hall–Kier alpha value is -0.530. The number of hydrogen-bond acceptors (Lipinski definition) is 1. The maximum atomic E-state index is 6.00. The zero-order valence-electron chi connectivity index (χ0n) is 9.22. The Kier molecular flexibility index (Phi) is 3.32. The Morgan fingerprint density at radius 3 is 2.73 bits per heavy atom. The van der Waals surface area contributed by atoms with Gasteiger partial charge in [0.15, 0.2) is 0 Å². The van der Waals surface area contributed by atoms with Crippen LogP contribution in [0, 0.1) is 6.92 Å². The number of alkyl halides is 1. The van der Waals surface area contributed by atoms with Gasteiger partial charge in [0.2, 0.25) is 0 Å². The fourth-order valence-corrected chi connectivity index (χ4v) is 2.43. The van der Waals surface area contributed by atoms with Crippen LogP contribution < -0.4 is 5.32 Å². The summed E-state index contributed by atoms with van der Waals surface area (Å²) in [5.74, 6) is 0.735. The quantitative estimate of drug-likeness (QED) is 0.773. The lowest BCUT2D eigenvalue weighted by atomic mass is 9.78. The van der Waals surface area contributed by atoms with Crippen LogP contribution >= 0.6 is 11.6 Å². The second kappa shape index (κ2) is 4.54. The van der Waals surface area contributed by atoms with E-state index in [2.05, 4.69) is 36.5 Å². The van der Waals surface area contributed by atoms with E-state index in [4.69, 9.17) is 11.6 Å². The largest absolute Gasteiger partial charge is 0.306 e. The molecule has 1 nitrogen and oxygen atoms in total. The van der Waals surface area contributed by atoms with Crippen LogP contribution in [0.25, 0.3) is 0 Å². The third kappa shape index (κ3) is 2.53. The minimum Gasteiger partial charge on any atom is -0.306 e. The van der Waals surface area contributed by atoms with Gasteiger partial charge in [0.05, 0.1) is 0 Å². The van der Waals surface area contributed by atoms with Crippen LogP contribution in [0.15, 0.2) is 24.3 Å². The van der Waals surface area contributed by atoms with Crippen molar-refractivity contribution in [1.82, 2.24) is 5.32 Å². The van der Waals surface area contributed by atoms with Crippen LogP contribution in [-0.4, -0.2) is 11.4 Å². The van der Waals surface area contributed by atoms with Gasteiger partial charge in [-0.2, -0.15) is 0 Å². The van der Waals surface area contributed by atoms with E-state index in [1.165, 1.54) is 30.4 Å². The molecular weight excluding hydrogens is 206 g/mol. The van der Waals surface area contributed by atoms with Gasteiger partial charge in [0, 0.05) is 18.0 Å². The number of aryl methyl sites for hydroxylation is 1. The molecule has 15 heavy (non-hydrogen) atoms. The molecule has 0 aromatic heterocycles. The summed E-state index contributed by atoms with van der Waals surface area (Å²) in [5.41, 5.74) is 2.90. The van der Waals surface area contributed by atoms with Crippen LogP contribution in [-0.2, 0) is 6.54 Å². The molecule has 1 aromatic rings. The first-order valence-corrected chi connectivity index (χ1v) is 6.14. The summed E-state index contributed by atoms with van der Waals surface area (Å²) in [6.07, 6.45) is 3.76. The molecule has 0 bridgehead atoms. The second-order valence-electron chi connectivity index (χ2n) is 4.61. The van der Waals surface area contributed by atoms with Crippen LogP contribution in [0.3, 0.4) is 0 Å². The maximum absolute atomic E-state index is 6.00. The predicted molar refractivity (Wildman–Crippen MR) is 65.3 cm³/mol. The SMILES string of the molecule is Cc1cccc(CNC2(CCl)CCC2)c1. The number of halogens is 1. The molecule has 1 N–H and O–H groups in total. The highest BCUT2D eigenvalue weighted by Crippen LogP contribution is 2.33. The highest BCUT2D eigenvalue weighted by molar-refractivity contribution is 6.18. The Morgan fingerprint density at radius 2 is 2.20 bits per heavy atom. The van der Waals surface area contributed by atoms with E-state index >= 15 is 0 Å². The van der Waals surface area contributed by atoms with Crippen molar-refractivity contribution in [2.24, 2.45) is 0 Å². The van der Waals surface area contributed by atoms with E-state index in [-0.39, 0.29) is 5.54 Å². The highest BCUT2D eigenvalue weighted by atomic mass is 35.5. The summed E-state index contributed by atoms with van der Waals surface area (Å²) in [6, 6.07) is 8.64. The molecule has 1 aliphatic carbocycles. The van der Waals surface area contributed by atoms with Gasteiger partial charge < -0.3 is 5.32 Å². The lowest BCUT2D eigenvalue weighted by Gasteiger charge is -2.41. The highest BCUT2D eigenvalue weighted by Gasteiger charge is 2.35. The summed E-state index contributed by atoms with van der Waals surface area (Å²) in [6.45, 7) is 3.07. The van der Waals surface area contributed by atoms with Gasteiger partial charge in [-0.15, -0.1) is 11.6 Å². The molecule has 1 aliphatic rings. The van der Waals surface area contributed by atoms with E-state index < -0.39 is 0 Å². The van der Waals surface area contributed by atoms with E-state index in [1.807, 2.05) is 0 Å². The molecule has 0 amide bonds. The monoisotopic (exact) mass is 223 g/mol. The van der Waals surface area contributed by atoms with Crippen molar-refractivity contribution in [1.29, 1.82) is 0 Å². The van der Waals surface area contributed by atoms with E-state index in [0.29, 0.717) is 0 Å². The Morgan fingerprint density at radius 1 is 1.40 bits per heavy atom. The topological polar surface area (TPSA) is 12.0 Å². The second-order valence-corrected chi connectivity index (χ2v) is 4.88. The summed E-state index contributed by atoms with van der Waals surface area (Å²) in [5, 5.41) is 3.59. The molecule has 0 atom stereocenters. The first-order valence-electron chi connectivity index (χ1n) is 5.61. The van der Waals surface area contributed by atoms with Crippen LogP contribution in [0.2, 0.25) is 0 Å². The molecule has 2 heteroatoms. The van der Waals surface area contributed by atoms with Gasteiger partial charge in [0.1, 0.15) is 0 Å². The molecule has 1 fully saturated rings. The average molecular weight is 224 g/mol. The Balaban J connectivity index is 1.92. The molecule has 82 valence electrons. The van der Waals surface area contributed by atoms with Crippen molar-refractivity contribution in [3.8, 4) is 0 Å². The zero-order valence-corrected chi connectivity index (χ0v) is 9.98. The molecule has 1 aromatic carbocycles. The first kappa shape index (κ1) is 11.0. The number of rotatable bonds is 4. The number of nitrogens with one attached hydrogen (secondary N) is 1. The molecule has 0 radical (unpaired) electrons. The Labute approximate surface area is 96.8 Å². The van der Waals surface area contributed by atoms with Crippen molar-refractivity contribution in [2.75, 3.05) is 5.88 Å². The third-order valence-electron chi connectivity index (χ3n) is 3.32. The zero-order chi connectivity index (χ0) is 10.7. The molecule has 0 spiro atoms. The minimum absolute atomic E-state index is 0.227. The smallest absolute Gasteiger partial charge is 0.0406 e. The fourth-order valence-electron chi connectivity index (χ4n) is 2.07. The van der Waals surface area contributed by atoms with Crippen molar-refractivity contribution in [3.63, 3.8) is 0 Å². The van der Waals surface area contributed by atoms with E-state index in [1.54, 1.807) is 0 Å². The van der Waals surface area contributed by atoms with E-state index in [9.17, 15) is 0 Å². The van der Waals surface area contributed by atoms with Crippen molar-refractivity contribution in [2.45, 2.75) is 38.3 Å². The maximum Gasteiger partial charge on any atom is 0.0406 e. The van der Waals surface area contributed by atoms with Crippen molar-refractivity contribution in [3.05, 3.63) is 35.4 Å². The van der Waals surface area contributed by atoms with Crippen LogP contribution in [0.1, 0.15) is 30.4 Å². The van der Waals surface area contributed by atoms with Crippen LogP contribution in [0.5, 0.6) is 0 Å². The van der Waals surface area contributed by atoms with Gasteiger partial charge in [-0.1, -0.05) is 29.8 Å². The van der Waals surface area contributed by atoms with Crippen molar-refractivity contribution >= 4 is 11.6 Å². The molecule has 1 saturated carbocycles. The minimum atomic E-state index is 0.227. The van der Waals surface area contributed by atoms with Crippen LogP contribution in [0.4, 0.5) is 0 Å². The van der Waals surface area contributed by atoms with Gasteiger partial charge in [-0.3, -0.25) is 0 Å². The van der Waals surface area contributed by atoms with Gasteiger partial charge in [-0.05, 0) is 31.7 Å². The van der Waals surface area contributed by atoms with Crippen molar-refractivity contribution < 1.29 is 0 Å². The van der Waals surface area contributed by atoms with E-state index in [0.717, 1.165) is 12.4 Å². The predicted octanol–water partition coefficient (Wildman–Crippen LogP) is 3.25. The summed E-state index contributed by atoms with van der Waals surface area (Å²) in [4.78, 5) is 0. The van der Waals surface area contributed by atoms with Gasteiger partial charge >= 0.3 is 0 Å². The summed E-state index contributed by atoms with van der Waals surface area (Å²) < 4.78 is 0. The molecular formula is C13H18ClN. The standard InChI is InChI=1S/C13H18ClN/c1-11-4-2-5-12(8-11)9-15-13(10-14)6-3-7-13/h2,4-5,8,15H,3,6-7,9-10H2,1H3. The molecule has 0 aliphatic heterocycles. The molecule has 0 heterocycles. The van der Waals surface area contributed by atoms with Gasteiger partial charge in [-0.25, -0.2) is 0 Å². The molecule has 2 rings (SSSR count). The Bertz CT molecular complexity index is 326. The normalized spacial score (nSPS) is 18.5. The lowest BCUT2D eigenvalue weighted by Crippen LogP contribution is -2.52. The number of benzene rings is 1. The van der Waals surface area contributed by atoms with Gasteiger partial charge in [0.25, 0.3) is 0 Å². The third-order valence-corrected chi connectivity index (χ3v) is 3.83. The molecule has 0 saturated heterocycles. The molecule has 0 unspecified atom stereocenters. The first-order chi connectivity index (χ1) is 7.24. The lowest BCUT2D eigenvalue weighted by molar-refractivity contribution is 0.211. The average Bonchev–Trinajstić information content (AvgIpc) is 2.17. The fraction of sp³-hybridized carbons (Fsp3) is 0.538. The summed E-state index contributed by atoms with van der Waals surface area (Å²) >= 11 is 6.00.